The Labute approximate surface area is 192 Å². The fourth-order valence-corrected chi connectivity index (χ4v) is 5.79. The number of fused-ring (bicyclic) bond motifs is 1. The van der Waals surface area contributed by atoms with Gasteiger partial charge >= 0.3 is 5.69 Å². The molecule has 0 bridgehead atoms. The molecule has 0 radical (unpaired) electrons. The van der Waals surface area contributed by atoms with Crippen molar-refractivity contribution in [3.8, 4) is 0 Å². The van der Waals surface area contributed by atoms with Crippen molar-refractivity contribution in [1.29, 1.82) is 0 Å². The molecule has 176 valence electrons. The smallest absolute Gasteiger partial charge is 0.330 e. The van der Waals surface area contributed by atoms with E-state index < -0.39 is 27.1 Å². The molecule has 0 saturated heterocycles. The molecular formula is C19H23N7O5S2. The number of pyridine rings is 1. The van der Waals surface area contributed by atoms with Gasteiger partial charge in [0.25, 0.3) is 5.56 Å². The van der Waals surface area contributed by atoms with Crippen LogP contribution in [-0.2, 0) is 10.0 Å². The molecule has 1 aliphatic rings. The second-order valence-electron chi connectivity index (χ2n) is 7.50. The van der Waals surface area contributed by atoms with Gasteiger partial charge in [-0.2, -0.15) is 4.31 Å². The van der Waals surface area contributed by atoms with Crippen molar-refractivity contribution < 1.29 is 13.2 Å². The summed E-state index contributed by atoms with van der Waals surface area (Å²) in [4.78, 5) is 39.4. The SMILES string of the molecule is CCN(CC)S(=O)(=O)c1ccc2nnc(SCC(=O)c3c(N)n(C4CC4)c(=O)[nH]c3=O)n2c1. The first-order valence-corrected chi connectivity index (χ1v) is 12.8. The lowest BCUT2D eigenvalue weighted by Gasteiger charge is -2.18. The molecule has 1 aliphatic carbocycles. The van der Waals surface area contributed by atoms with Gasteiger partial charge in [-0.05, 0) is 25.0 Å². The number of nitrogens with two attached hydrogens (primary N) is 1. The number of nitrogens with zero attached hydrogens (tertiary/aromatic N) is 5. The van der Waals surface area contributed by atoms with E-state index in [4.69, 9.17) is 5.73 Å². The third-order valence-corrected chi connectivity index (χ3v) is 8.37. The molecular weight excluding hydrogens is 470 g/mol. The zero-order valence-electron chi connectivity index (χ0n) is 18.0. The first-order chi connectivity index (χ1) is 15.7. The molecule has 3 aromatic heterocycles. The maximum Gasteiger partial charge on any atom is 0.330 e. The van der Waals surface area contributed by atoms with Gasteiger partial charge in [-0.15, -0.1) is 10.2 Å². The highest BCUT2D eigenvalue weighted by Crippen LogP contribution is 2.35. The van der Waals surface area contributed by atoms with Crippen molar-refractivity contribution in [3.63, 3.8) is 0 Å². The highest BCUT2D eigenvalue weighted by molar-refractivity contribution is 7.99. The van der Waals surface area contributed by atoms with Gasteiger partial charge in [-0.3, -0.25) is 23.5 Å². The summed E-state index contributed by atoms with van der Waals surface area (Å²) in [5.41, 5.74) is 4.67. The minimum absolute atomic E-state index is 0.0730. The summed E-state index contributed by atoms with van der Waals surface area (Å²) in [5.74, 6) is -0.920. The Balaban J connectivity index is 1.62. The van der Waals surface area contributed by atoms with Crippen molar-refractivity contribution >= 4 is 39.0 Å². The fraction of sp³-hybridized carbons (Fsp3) is 0.421. The normalized spacial score (nSPS) is 14.3. The van der Waals surface area contributed by atoms with E-state index in [-0.39, 0.29) is 33.2 Å². The minimum atomic E-state index is -3.70. The number of rotatable bonds is 9. The Morgan fingerprint density at radius 1 is 1.24 bits per heavy atom. The van der Waals surface area contributed by atoms with E-state index in [1.807, 2.05) is 0 Å². The molecule has 3 heterocycles. The van der Waals surface area contributed by atoms with Crippen LogP contribution in [0.4, 0.5) is 5.82 Å². The number of hydrogen-bond donors (Lipinski definition) is 2. The lowest BCUT2D eigenvalue weighted by atomic mass is 10.2. The van der Waals surface area contributed by atoms with Crippen LogP contribution in [-0.4, -0.2) is 61.5 Å². The van der Waals surface area contributed by atoms with Gasteiger partial charge in [-0.1, -0.05) is 25.6 Å². The molecule has 12 nitrogen and oxygen atoms in total. The summed E-state index contributed by atoms with van der Waals surface area (Å²) >= 11 is 0.986. The van der Waals surface area contributed by atoms with Gasteiger partial charge in [0.1, 0.15) is 11.4 Å². The average molecular weight is 494 g/mol. The number of Topliss-reactive ketones (excluding diaryl/α,β-unsaturated/α-hetero) is 1. The van der Waals surface area contributed by atoms with Crippen molar-refractivity contribution in [2.75, 3.05) is 24.6 Å². The number of anilines is 1. The minimum Gasteiger partial charge on any atom is -0.384 e. The highest BCUT2D eigenvalue weighted by atomic mass is 32.2. The van der Waals surface area contributed by atoms with E-state index in [9.17, 15) is 22.8 Å². The van der Waals surface area contributed by atoms with Gasteiger partial charge in [0.05, 0.1) is 10.6 Å². The molecule has 0 unspecified atom stereocenters. The van der Waals surface area contributed by atoms with E-state index in [0.29, 0.717) is 18.7 Å². The predicted molar refractivity (Wildman–Crippen MR) is 122 cm³/mol. The van der Waals surface area contributed by atoms with Crippen LogP contribution in [0.15, 0.2) is 38.0 Å². The molecule has 1 saturated carbocycles. The number of ketones is 1. The Kier molecular flexibility index (Phi) is 6.16. The van der Waals surface area contributed by atoms with Crippen LogP contribution in [0.2, 0.25) is 0 Å². The fourth-order valence-electron chi connectivity index (χ4n) is 3.55. The van der Waals surface area contributed by atoms with Crippen molar-refractivity contribution in [3.05, 3.63) is 44.7 Å². The number of carbonyl (C=O) groups excluding carboxylic acids is 1. The maximum atomic E-state index is 12.8. The number of sulfonamides is 1. The molecule has 3 N–H and O–H groups in total. The molecule has 33 heavy (non-hydrogen) atoms. The van der Waals surface area contributed by atoms with E-state index in [1.54, 1.807) is 13.8 Å². The van der Waals surface area contributed by atoms with E-state index in [0.717, 1.165) is 24.6 Å². The van der Waals surface area contributed by atoms with Crippen LogP contribution < -0.4 is 17.0 Å². The molecule has 0 spiro atoms. The van der Waals surface area contributed by atoms with Crippen molar-refractivity contribution in [1.82, 2.24) is 28.5 Å². The second-order valence-corrected chi connectivity index (χ2v) is 10.4. The van der Waals surface area contributed by atoms with E-state index >= 15 is 0 Å². The topological polar surface area (TPSA) is 166 Å². The molecule has 14 heteroatoms. The molecule has 3 aromatic rings. The number of H-pyrrole nitrogens is 1. The molecule has 0 atom stereocenters. The number of nitrogens with one attached hydrogen (secondary N) is 1. The monoisotopic (exact) mass is 493 g/mol. The summed E-state index contributed by atoms with van der Waals surface area (Å²) in [6.07, 6.45) is 2.91. The van der Waals surface area contributed by atoms with Crippen LogP contribution in [0.5, 0.6) is 0 Å². The number of aromatic nitrogens is 5. The number of hydrogen-bond acceptors (Lipinski definition) is 9. The maximum absolute atomic E-state index is 12.8. The Hall–Kier alpha value is -2.97. The quantitative estimate of drug-likeness (QED) is 0.319. The van der Waals surface area contributed by atoms with Crippen molar-refractivity contribution in [2.45, 2.75) is 42.8 Å². The summed E-state index contributed by atoms with van der Waals surface area (Å²) in [5, 5.41) is 8.31. The van der Waals surface area contributed by atoms with Gasteiger partial charge < -0.3 is 5.73 Å². The summed E-state index contributed by atoms with van der Waals surface area (Å²) in [7, 11) is -3.70. The van der Waals surface area contributed by atoms with E-state index in [2.05, 4.69) is 15.2 Å². The number of thioether (sulfide) groups is 1. The number of nitrogen functional groups attached to an aromatic ring is 1. The van der Waals surface area contributed by atoms with E-state index in [1.165, 1.54) is 31.6 Å². The van der Waals surface area contributed by atoms with Gasteiger partial charge in [0.15, 0.2) is 16.6 Å². The first kappa shape index (κ1) is 23.2. The Bertz CT molecular complexity index is 1450. The van der Waals surface area contributed by atoms with Gasteiger partial charge in [0, 0.05) is 25.3 Å². The summed E-state index contributed by atoms with van der Waals surface area (Å²) in [6, 6.07) is 2.88. The lowest BCUT2D eigenvalue weighted by Crippen LogP contribution is -2.36. The van der Waals surface area contributed by atoms with Crippen molar-refractivity contribution in [2.24, 2.45) is 0 Å². The van der Waals surface area contributed by atoms with Crippen LogP contribution >= 0.6 is 11.8 Å². The zero-order valence-corrected chi connectivity index (χ0v) is 19.6. The molecule has 0 amide bonds. The standard InChI is InChI=1S/C19H23N7O5S2/c1-3-24(4-2)33(30,31)12-7-8-14-22-23-19(25(14)9-12)32-10-13(27)15-16(20)26(11-5-6-11)18(29)21-17(15)28/h7-9,11H,3-6,10,20H2,1-2H3,(H,21,28,29). The summed E-state index contributed by atoms with van der Waals surface area (Å²) in [6.45, 7) is 4.16. The van der Waals surface area contributed by atoms with Crippen LogP contribution in [0.25, 0.3) is 5.65 Å². The second kappa shape index (κ2) is 8.76. The third kappa shape index (κ3) is 4.20. The first-order valence-electron chi connectivity index (χ1n) is 10.3. The number of aromatic amines is 1. The predicted octanol–water partition coefficient (Wildman–Crippen LogP) is 0.502. The third-order valence-electron chi connectivity index (χ3n) is 5.39. The summed E-state index contributed by atoms with van der Waals surface area (Å²) < 4.78 is 29.8. The molecule has 4 rings (SSSR count). The van der Waals surface area contributed by atoms with Crippen LogP contribution in [0, 0.1) is 0 Å². The lowest BCUT2D eigenvalue weighted by molar-refractivity contribution is 0.102. The van der Waals surface area contributed by atoms with Gasteiger partial charge in [-0.25, -0.2) is 13.2 Å². The molecule has 0 aromatic carbocycles. The Morgan fingerprint density at radius 3 is 2.58 bits per heavy atom. The molecule has 1 fully saturated rings. The highest BCUT2D eigenvalue weighted by Gasteiger charge is 2.30. The average Bonchev–Trinajstić information content (AvgIpc) is 3.51. The van der Waals surface area contributed by atoms with Gasteiger partial charge in [0.2, 0.25) is 10.0 Å². The zero-order chi connectivity index (χ0) is 23.9. The van der Waals surface area contributed by atoms with Crippen LogP contribution in [0.3, 0.4) is 0 Å². The largest absolute Gasteiger partial charge is 0.384 e. The number of carbonyl (C=O) groups is 1. The Morgan fingerprint density at radius 2 is 1.94 bits per heavy atom. The van der Waals surface area contributed by atoms with Crippen LogP contribution in [0.1, 0.15) is 43.1 Å². The molecule has 0 aliphatic heterocycles.